The van der Waals surface area contributed by atoms with Crippen LogP contribution in [0, 0.1) is 11.8 Å². The molecule has 0 aliphatic heterocycles. The first-order valence-electron chi connectivity index (χ1n) is 42.7. The zero-order valence-electron chi connectivity index (χ0n) is 69.8. The fourth-order valence-electron chi connectivity index (χ4n) is 16.7. The van der Waals surface area contributed by atoms with Gasteiger partial charge in [0, 0.05) is 99.1 Å². The lowest BCUT2D eigenvalue weighted by atomic mass is 9.70. The standard InChI is InChI=1S/C105H120N6O4/c1-11-17-21-23-71-105(72-24-22-18-12-2)103-73-95(110(93-55-65-99(66-56-93)114-75-77(15-5)25-19-13-3)87-43-31-81(32-44-87)79-27-39-85(40-28-79)108(89-47-35-83(106-7)36-48-89)91-51-61-97(112-9)62-52-91)59-69-101(103)102-70-60-96(74-104(102)105)111(94-57-67-100(68-58-94)115-76-78(16-6)26-20-14-4)88-45-33-82(34-46-88)80-29-41-86(42-30-80)109(90-49-37-84(107-8)38-50-90)92-53-63-98(113-10)64-54-92/h27-70,73-74,77-78,106-107H,11-26,71-72,75-76H2,1-10H3. The van der Waals surface area contributed by atoms with Crippen molar-refractivity contribution < 1.29 is 18.9 Å². The van der Waals surface area contributed by atoms with Crippen LogP contribution in [0.15, 0.2) is 279 Å². The van der Waals surface area contributed by atoms with Crippen LogP contribution in [0.25, 0.3) is 33.4 Å². The Kier molecular flexibility index (Phi) is 28.5. The maximum absolute atomic E-state index is 6.64. The minimum Gasteiger partial charge on any atom is -0.497 e. The van der Waals surface area contributed by atoms with Gasteiger partial charge in [0.1, 0.15) is 23.0 Å². The summed E-state index contributed by atoms with van der Waals surface area (Å²) in [5.41, 5.74) is 24.9. The number of nitrogens with one attached hydrogen (secondary N) is 2. The van der Waals surface area contributed by atoms with Crippen molar-refractivity contribution in [3.63, 3.8) is 0 Å². The van der Waals surface area contributed by atoms with Crippen LogP contribution in [-0.4, -0.2) is 41.5 Å². The SMILES string of the molecule is CCCCCCC1(CCCCCC)c2cc(N(c3ccc(OCC(CC)CCCC)cc3)c3ccc(-c4ccc(N(c5ccc(NC)cc5)c5ccc(OC)cc5)cc4)cc3)ccc2-c2ccc(N(c3ccc(OCC(CC)CCCC)cc3)c3ccc(-c4ccc(N(c5ccc(NC)cc5)c5ccc(OC)cc5)cc4)cc3)cc21. The summed E-state index contributed by atoms with van der Waals surface area (Å²) < 4.78 is 24.4. The molecule has 1 aliphatic carbocycles. The van der Waals surface area contributed by atoms with E-state index in [0.717, 1.165) is 177 Å². The number of anilines is 14. The Morgan fingerprint density at radius 2 is 0.530 bits per heavy atom. The fourth-order valence-corrected chi connectivity index (χ4v) is 16.7. The number of unbranched alkanes of at least 4 members (excludes halogenated alkanes) is 8. The molecular weight excluding hydrogens is 1410 g/mol. The largest absolute Gasteiger partial charge is 0.497 e. The highest BCUT2D eigenvalue weighted by Crippen LogP contribution is 2.58. The van der Waals surface area contributed by atoms with Crippen LogP contribution in [-0.2, 0) is 5.41 Å². The fraction of sp³-hybridized carbons (Fsp3) is 0.314. The molecule has 0 saturated carbocycles. The zero-order chi connectivity index (χ0) is 79.9. The lowest BCUT2D eigenvalue weighted by Gasteiger charge is -2.35. The van der Waals surface area contributed by atoms with Gasteiger partial charge in [0.2, 0.25) is 0 Å². The lowest BCUT2D eigenvalue weighted by molar-refractivity contribution is 0.233. The van der Waals surface area contributed by atoms with Gasteiger partial charge in [0.05, 0.1) is 27.4 Å². The molecule has 0 aromatic heterocycles. The van der Waals surface area contributed by atoms with Crippen molar-refractivity contribution >= 4 is 79.6 Å². The molecule has 12 aromatic rings. The first-order chi connectivity index (χ1) is 56.5. The number of hydrogen-bond acceptors (Lipinski definition) is 10. The van der Waals surface area contributed by atoms with Gasteiger partial charge in [-0.25, -0.2) is 0 Å². The number of nitrogens with zero attached hydrogens (tertiary/aromatic N) is 4. The first kappa shape index (κ1) is 81.6. The Labute approximate surface area is 687 Å². The third-order valence-corrected chi connectivity index (χ3v) is 23.7. The van der Waals surface area contributed by atoms with Gasteiger partial charge >= 0.3 is 0 Å². The van der Waals surface area contributed by atoms with Crippen LogP contribution < -0.4 is 49.2 Å². The molecule has 0 spiro atoms. The van der Waals surface area contributed by atoms with Crippen LogP contribution in [0.4, 0.5) is 79.6 Å². The second kappa shape index (κ2) is 40.1. The molecule has 12 aromatic carbocycles. The van der Waals surface area contributed by atoms with Crippen molar-refractivity contribution in [1.82, 2.24) is 0 Å². The van der Waals surface area contributed by atoms with Gasteiger partial charge in [-0.1, -0.05) is 192 Å². The van der Waals surface area contributed by atoms with E-state index in [0.29, 0.717) is 11.8 Å². The van der Waals surface area contributed by atoms with E-state index in [4.69, 9.17) is 18.9 Å². The number of benzene rings is 12. The van der Waals surface area contributed by atoms with E-state index in [-0.39, 0.29) is 5.41 Å². The van der Waals surface area contributed by atoms with Crippen LogP contribution in [0.3, 0.4) is 0 Å². The molecule has 2 atom stereocenters. The Morgan fingerprint density at radius 1 is 0.278 bits per heavy atom. The van der Waals surface area contributed by atoms with Crippen molar-refractivity contribution in [2.45, 2.75) is 163 Å². The molecule has 0 heterocycles. The average Bonchev–Trinajstić information content (AvgIpc) is 1.56. The van der Waals surface area contributed by atoms with Gasteiger partial charge in [0.15, 0.2) is 0 Å². The van der Waals surface area contributed by atoms with Crippen LogP contribution >= 0.6 is 0 Å². The number of fused-ring (bicyclic) bond motifs is 3. The molecule has 0 fully saturated rings. The molecule has 0 bridgehead atoms. The highest BCUT2D eigenvalue weighted by atomic mass is 16.5. The van der Waals surface area contributed by atoms with Crippen LogP contribution in [0.1, 0.15) is 168 Å². The van der Waals surface area contributed by atoms with E-state index in [1.165, 1.54) is 99.3 Å². The van der Waals surface area contributed by atoms with Crippen molar-refractivity contribution in [3.8, 4) is 56.4 Å². The Bertz CT molecular complexity index is 4540. The van der Waals surface area contributed by atoms with Gasteiger partial charge in [-0.15, -0.1) is 0 Å². The molecule has 0 radical (unpaired) electrons. The van der Waals surface area contributed by atoms with E-state index in [1.807, 2.05) is 38.4 Å². The minimum absolute atomic E-state index is 0.267. The van der Waals surface area contributed by atoms with E-state index >= 15 is 0 Å². The van der Waals surface area contributed by atoms with E-state index in [2.05, 4.69) is 327 Å². The highest BCUT2D eigenvalue weighted by Gasteiger charge is 2.43. The summed E-state index contributed by atoms with van der Waals surface area (Å²) in [6, 6.07) is 103. The van der Waals surface area contributed by atoms with Crippen LogP contribution in [0.5, 0.6) is 23.0 Å². The zero-order valence-corrected chi connectivity index (χ0v) is 69.8. The van der Waals surface area contributed by atoms with Gasteiger partial charge < -0.3 is 49.2 Å². The van der Waals surface area contributed by atoms with Gasteiger partial charge in [-0.05, 0) is 300 Å². The molecule has 2 unspecified atom stereocenters. The van der Waals surface area contributed by atoms with Crippen molar-refractivity contribution in [3.05, 3.63) is 290 Å². The maximum atomic E-state index is 6.64. The Hall–Kier alpha value is -11.4. The van der Waals surface area contributed by atoms with Crippen LogP contribution in [0.2, 0.25) is 0 Å². The summed E-state index contributed by atoms with van der Waals surface area (Å²) in [7, 11) is 7.33. The molecule has 13 rings (SSSR count). The summed E-state index contributed by atoms with van der Waals surface area (Å²) >= 11 is 0. The smallest absolute Gasteiger partial charge is 0.119 e. The molecule has 594 valence electrons. The summed E-state index contributed by atoms with van der Waals surface area (Å²) in [6.07, 6.45) is 21.0. The summed E-state index contributed by atoms with van der Waals surface area (Å²) in [5.74, 6) is 4.50. The monoisotopic (exact) mass is 1530 g/mol. The van der Waals surface area contributed by atoms with Gasteiger partial charge in [-0.2, -0.15) is 0 Å². The van der Waals surface area contributed by atoms with Gasteiger partial charge in [0.25, 0.3) is 0 Å². The summed E-state index contributed by atoms with van der Waals surface area (Å²) in [6.45, 7) is 15.3. The van der Waals surface area contributed by atoms with Crippen molar-refractivity contribution in [2.24, 2.45) is 11.8 Å². The predicted octanol–water partition coefficient (Wildman–Crippen LogP) is 30.4. The molecule has 115 heavy (non-hydrogen) atoms. The summed E-state index contributed by atoms with van der Waals surface area (Å²) in [5, 5.41) is 6.57. The second-order valence-corrected chi connectivity index (χ2v) is 31.1. The Morgan fingerprint density at radius 3 is 0.791 bits per heavy atom. The number of rotatable bonds is 42. The molecule has 2 N–H and O–H groups in total. The third kappa shape index (κ3) is 19.5. The van der Waals surface area contributed by atoms with Crippen molar-refractivity contribution in [2.75, 3.05) is 71.8 Å². The lowest BCUT2D eigenvalue weighted by Crippen LogP contribution is -2.26. The van der Waals surface area contributed by atoms with E-state index < -0.39 is 0 Å². The molecule has 0 saturated heterocycles. The number of hydrogen-bond donors (Lipinski definition) is 2. The quantitative estimate of drug-likeness (QED) is 0.0362. The topological polar surface area (TPSA) is 73.9 Å². The molecule has 10 heteroatoms. The normalized spacial score (nSPS) is 12.4. The highest BCUT2D eigenvalue weighted by molar-refractivity contribution is 5.90. The second-order valence-electron chi connectivity index (χ2n) is 31.1. The average molecular weight is 1530 g/mol. The first-order valence-corrected chi connectivity index (χ1v) is 42.7. The minimum atomic E-state index is -0.267. The molecular formula is C105H120N6O4. The number of methoxy groups -OCH3 is 2. The number of ether oxygens (including phenoxy) is 4. The van der Waals surface area contributed by atoms with Gasteiger partial charge in [-0.3, -0.25) is 0 Å². The van der Waals surface area contributed by atoms with E-state index in [1.54, 1.807) is 14.2 Å². The van der Waals surface area contributed by atoms with Crippen molar-refractivity contribution in [1.29, 1.82) is 0 Å². The molecule has 1 aliphatic rings. The maximum Gasteiger partial charge on any atom is 0.119 e. The molecule has 0 amide bonds. The Balaban J connectivity index is 0.886. The third-order valence-electron chi connectivity index (χ3n) is 23.7. The van der Waals surface area contributed by atoms with E-state index in [9.17, 15) is 0 Å². The molecule has 10 nitrogen and oxygen atoms in total. The predicted molar refractivity (Wildman–Crippen MR) is 490 cm³/mol. The summed E-state index contributed by atoms with van der Waals surface area (Å²) in [4.78, 5) is 9.55.